The third-order valence-electron chi connectivity index (χ3n) is 4.10. The van der Waals surface area contributed by atoms with Crippen molar-refractivity contribution in [1.82, 2.24) is 0 Å². The monoisotopic (exact) mass is 525 g/mol. The summed E-state index contributed by atoms with van der Waals surface area (Å²) in [5.41, 5.74) is 4.99. The van der Waals surface area contributed by atoms with Gasteiger partial charge in [-0.1, -0.05) is 18.2 Å². The number of rotatable bonds is 4. The number of aryl methyl sites for hydroxylation is 1. The van der Waals surface area contributed by atoms with Crippen LogP contribution >= 0.6 is 31.1 Å². The number of benzene rings is 2. The van der Waals surface area contributed by atoms with Crippen LogP contribution in [-0.2, 0) is 13.5 Å². The van der Waals surface area contributed by atoms with Gasteiger partial charge in [-0.05, 0) is 43.0 Å². The number of allylic oxidation sites excluding steroid dienone is 2. The van der Waals surface area contributed by atoms with Crippen LogP contribution in [0.3, 0.4) is 0 Å². The Balaban J connectivity index is 0.000000200. The van der Waals surface area contributed by atoms with Crippen LogP contribution < -0.4 is 4.90 Å². The van der Waals surface area contributed by atoms with Gasteiger partial charge in [0.05, 0.1) is 0 Å². The first kappa shape index (κ1) is 23.5. The summed E-state index contributed by atoms with van der Waals surface area (Å²) in [6.45, 7) is 10.6. The second kappa shape index (κ2) is 11.4. The van der Waals surface area contributed by atoms with E-state index in [0.29, 0.717) is 0 Å². The van der Waals surface area contributed by atoms with Gasteiger partial charge < -0.3 is 4.90 Å². The Kier molecular flexibility index (Phi) is 9.56. The minimum atomic E-state index is -1.75. The number of para-hydroxylation sites is 2. The smallest absolute Gasteiger partial charge is 0.0148 e. The average Bonchev–Trinajstić information content (AvgIpc) is 2.96. The van der Waals surface area contributed by atoms with E-state index in [2.05, 4.69) is 60.6 Å². The molecule has 1 aliphatic heterocycles. The summed E-state index contributed by atoms with van der Waals surface area (Å²) >= 11 is 0.0473. The van der Waals surface area contributed by atoms with Gasteiger partial charge in [-0.15, -0.1) is 0 Å². The quantitative estimate of drug-likeness (QED) is 0.236. The Morgan fingerprint density at radius 3 is 2.25 bits per heavy atom. The molecular weight excluding hydrogens is 498 g/mol. The summed E-state index contributed by atoms with van der Waals surface area (Å²) in [7, 11) is 11.7. The van der Waals surface area contributed by atoms with Crippen molar-refractivity contribution in [2.45, 2.75) is 40.7 Å². The summed E-state index contributed by atoms with van der Waals surface area (Å²) in [5, 5.41) is 0. The SMILES string of the molecule is CC(C)[OH+]c1ccccc1[CH]=[Ru]([Cl])[Cl].CC1=C(C)N(c2ccccc2C)[CH-]S1. The zero-order chi connectivity index (χ0) is 20.7. The number of hydrogen-bond donors (Lipinski definition) is 0. The fourth-order valence-electron chi connectivity index (χ4n) is 2.59. The largest absolute Gasteiger partial charge is 0.487 e. The summed E-state index contributed by atoms with van der Waals surface area (Å²) in [4.78, 5) is 3.64. The van der Waals surface area contributed by atoms with Crippen LogP contribution in [0.4, 0.5) is 5.69 Å². The van der Waals surface area contributed by atoms with E-state index in [4.69, 9.17) is 19.4 Å². The molecule has 0 atom stereocenters. The first-order chi connectivity index (χ1) is 13.3. The van der Waals surface area contributed by atoms with Gasteiger partial charge in [0.1, 0.15) is 0 Å². The van der Waals surface area contributed by atoms with Gasteiger partial charge in [0, 0.05) is 5.69 Å². The van der Waals surface area contributed by atoms with Crippen LogP contribution in [0.2, 0.25) is 0 Å². The van der Waals surface area contributed by atoms with E-state index in [9.17, 15) is 0 Å². The summed E-state index contributed by atoms with van der Waals surface area (Å²) < 4.78 is 6.41. The van der Waals surface area contributed by atoms with Crippen LogP contribution in [0.15, 0.2) is 59.1 Å². The molecule has 2 nitrogen and oxygen atoms in total. The number of hydrogen-bond acceptors (Lipinski definition) is 2. The van der Waals surface area contributed by atoms with Gasteiger partial charge in [-0.2, -0.15) is 5.88 Å². The molecule has 0 aliphatic carbocycles. The van der Waals surface area contributed by atoms with Gasteiger partial charge in [-0.25, -0.2) is 0 Å². The molecule has 0 unspecified atom stereocenters. The van der Waals surface area contributed by atoms with E-state index in [0.717, 1.165) is 11.3 Å². The standard InChI is InChI=1S/C12H14NS.C10H12O.2ClH.Ru/c1-9-6-4-5-7-12(9)13-8-14-11(3)10(13)2;1-8(2)11-10-7-5-4-6-9(10)3;;;/h4-8H,1-3H3;3-8H,1-2H3;2*1H;/q-1;;;;+2/p-1. The van der Waals surface area contributed by atoms with E-state index >= 15 is 0 Å². The Hall–Kier alpha value is -0.797. The Morgan fingerprint density at radius 2 is 1.68 bits per heavy atom. The maximum atomic E-state index is 5.83. The molecule has 2 aromatic carbocycles. The van der Waals surface area contributed by atoms with Crippen molar-refractivity contribution in [3.05, 3.63) is 76.1 Å². The molecule has 1 N–H and O–H groups in total. The number of ether oxygens (including phenoxy) is 1. The van der Waals surface area contributed by atoms with E-state index in [-0.39, 0.29) is 6.10 Å². The maximum absolute atomic E-state index is 5.83. The number of aromatic hydroxyl groups is 1. The zero-order valence-corrected chi connectivity index (χ0v) is 20.8. The van der Waals surface area contributed by atoms with Crippen molar-refractivity contribution in [2.75, 3.05) is 4.90 Å². The van der Waals surface area contributed by atoms with E-state index in [1.807, 2.05) is 42.7 Å². The molecule has 0 amide bonds. The predicted octanol–water partition coefficient (Wildman–Crippen LogP) is 7.33. The molecule has 0 fully saturated rings. The zero-order valence-electron chi connectivity index (χ0n) is 16.8. The van der Waals surface area contributed by atoms with Crippen LogP contribution in [-0.4, -0.2) is 15.5 Å². The van der Waals surface area contributed by atoms with Crippen LogP contribution in [0, 0.1) is 12.8 Å². The minimum Gasteiger partial charge on any atom is -0.487 e. The number of thioether (sulfide) groups is 1. The molecule has 28 heavy (non-hydrogen) atoms. The van der Waals surface area contributed by atoms with Gasteiger partial charge in [-0.3, -0.25) is 11.8 Å². The molecule has 0 spiro atoms. The summed E-state index contributed by atoms with van der Waals surface area (Å²) in [6.07, 6.45) is 0.288. The van der Waals surface area contributed by atoms with Crippen molar-refractivity contribution < 1.29 is 18.3 Å². The maximum Gasteiger partial charge on any atom is 0.0148 e. The fraction of sp³-hybridized carbons (Fsp3) is 0.273. The fourth-order valence-corrected chi connectivity index (χ4v) is 5.21. The first-order valence-electron chi connectivity index (χ1n) is 8.95. The van der Waals surface area contributed by atoms with Crippen molar-refractivity contribution >= 4 is 41.4 Å². The Labute approximate surface area is 186 Å². The molecule has 154 valence electrons. The molecule has 0 radical (unpaired) electrons. The second-order valence-corrected chi connectivity index (χ2v) is 13.4. The number of anilines is 1. The van der Waals surface area contributed by atoms with E-state index in [1.165, 1.54) is 21.9 Å². The summed E-state index contributed by atoms with van der Waals surface area (Å²) in [6, 6.07) is 16.4. The predicted molar refractivity (Wildman–Crippen MR) is 124 cm³/mol. The normalized spacial score (nSPS) is 14.0. The molecular formula is C22H27Cl2NORuS. The first-order valence-corrected chi connectivity index (χ1v) is 15.3. The topological polar surface area (TPSA) is 16.0 Å². The number of aliphatic hydroxyl groups is 1. The Bertz CT molecular complexity index is 863. The molecule has 1 heterocycles. The van der Waals surface area contributed by atoms with Crippen molar-refractivity contribution in [1.29, 1.82) is 0 Å². The number of halogens is 2. The molecule has 0 saturated heterocycles. The third kappa shape index (κ3) is 6.92. The molecule has 0 saturated carbocycles. The van der Waals surface area contributed by atoms with Crippen molar-refractivity contribution in [3.63, 3.8) is 0 Å². The molecule has 3 rings (SSSR count). The molecule has 2 aromatic rings. The molecule has 6 heteroatoms. The van der Waals surface area contributed by atoms with Crippen molar-refractivity contribution in [2.24, 2.45) is 0 Å². The van der Waals surface area contributed by atoms with Crippen LogP contribution in [0.1, 0.15) is 38.8 Å². The molecule has 1 aliphatic rings. The molecule has 0 bridgehead atoms. The number of nitrogens with zero attached hydrogens (tertiary/aromatic N) is 1. The molecule has 0 aromatic heterocycles. The van der Waals surface area contributed by atoms with Gasteiger partial charge in [0.15, 0.2) is 0 Å². The van der Waals surface area contributed by atoms with E-state index < -0.39 is 13.5 Å². The Morgan fingerprint density at radius 1 is 1.04 bits per heavy atom. The third-order valence-corrected chi connectivity index (χ3v) is 6.90. The van der Waals surface area contributed by atoms with Gasteiger partial charge in [0.2, 0.25) is 0 Å². The van der Waals surface area contributed by atoms with Gasteiger partial charge >= 0.3 is 97.8 Å². The van der Waals surface area contributed by atoms with Crippen molar-refractivity contribution in [3.8, 4) is 5.75 Å². The minimum absolute atomic E-state index is 0.288. The average molecular weight is 526 g/mol. The van der Waals surface area contributed by atoms with Crippen LogP contribution in [0.25, 0.3) is 0 Å². The second-order valence-electron chi connectivity index (χ2n) is 6.61. The van der Waals surface area contributed by atoms with Crippen LogP contribution in [0.5, 0.6) is 5.75 Å². The van der Waals surface area contributed by atoms with Gasteiger partial charge in [0.25, 0.3) is 0 Å². The van der Waals surface area contributed by atoms with E-state index in [1.54, 1.807) is 11.8 Å². The summed E-state index contributed by atoms with van der Waals surface area (Å²) in [5.74, 6) is 3.15.